The van der Waals surface area contributed by atoms with Crippen molar-refractivity contribution in [3.8, 4) is 0 Å². The van der Waals surface area contributed by atoms with E-state index in [-0.39, 0.29) is 0 Å². The number of aliphatic hydroxyl groups excluding tert-OH is 3. The first kappa shape index (κ1) is 14.0. The zero-order valence-electron chi connectivity index (χ0n) is 10.7. The summed E-state index contributed by atoms with van der Waals surface area (Å²) in [5.74, 6) is -0.540. The minimum Gasteiger partial charge on any atom is -0.394 e. The number of amides is 1. The summed E-state index contributed by atoms with van der Waals surface area (Å²) >= 11 is 0. The third kappa shape index (κ3) is 5.22. The number of aliphatic hydroxyl groups is 3. The van der Waals surface area contributed by atoms with Gasteiger partial charge in [0, 0.05) is 13.5 Å². The lowest BCUT2D eigenvalue weighted by Gasteiger charge is -2.29. The number of carbonyl (C=O) groups is 2. The molecule has 0 aliphatic carbocycles. The minimum atomic E-state index is -1.57. The number of ether oxygens (including phenoxy) is 1. The van der Waals surface area contributed by atoms with Crippen LogP contribution >= 0.6 is 0 Å². The van der Waals surface area contributed by atoms with Crippen molar-refractivity contribution in [2.45, 2.75) is 38.2 Å². The Hall–Kier alpha value is -1.02. The van der Waals surface area contributed by atoms with Crippen molar-refractivity contribution in [3.05, 3.63) is 0 Å². The molecule has 0 saturated carbocycles. The molecule has 0 rings (SSSR count). The molecule has 17 heavy (non-hydrogen) atoms. The minimum absolute atomic E-state index is 0.293. The van der Waals surface area contributed by atoms with Crippen molar-refractivity contribution in [3.63, 3.8) is 0 Å². The lowest BCUT2D eigenvalue weighted by Crippen LogP contribution is -2.54. The summed E-state index contributed by atoms with van der Waals surface area (Å²) in [5.41, 5.74) is 0. The Morgan fingerprint density at radius 3 is 2.53 bits per heavy atom. The molecular weight excluding hydrogens is 230 g/mol. The van der Waals surface area contributed by atoms with Gasteiger partial charge >= 0.3 is 0 Å². The quantitative estimate of drug-likeness (QED) is 0.364. The van der Waals surface area contributed by atoms with E-state index >= 15 is 0 Å². The molecule has 5 atom stereocenters. The molecule has 1 amide bonds. The molecule has 0 saturated heterocycles. The maximum absolute atomic E-state index is 10.8. The van der Waals surface area contributed by atoms with E-state index in [4.69, 9.17) is 11.2 Å². The van der Waals surface area contributed by atoms with E-state index in [0.717, 1.165) is 6.92 Å². The molecule has 100 valence electrons. The first-order chi connectivity index (χ1) is 8.33. The van der Waals surface area contributed by atoms with Crippen LogP contribution in [0.2, 0.25) is 0 Å². The van der Waals surface area contributed by atoms with Crippen LogP contribution < -0.4 is 5.32 Å². The molecule has 1 unspecified atom stereocenters. The van der Waals surface area contributed by atoms with Gasteiger partial charge in [-0.05, 0) is 6.92 Å². The summed E-state index contributed by atoms with van der Waals surface area (Å²) < 4.78 is 12.1. The van der Waals surface area contributed by atoms with Crippen LogP contribution in [-0.2, 0) is 14.3 Å². The molecule has 0 aromatic heterocycles. The van der Waals surface area contributed by atoms with Crippen LogP contribution in [0, 0.1) is 0 Å². The highest BCUT2D eigenvalue weighted by Gasteiger charge is 2.33. The van der Waals surface area contributed by atoms with Crippen LogP contribution in [-0.4, -0.2) is 65.1 Å². The molecular formula is C10H19NO6. The Bertz CT molecular complexity index is 275. The predicted molar refractivity (Wildman–Crippen MR) is 58.2 cm³/mol. The van der Waals surface area contributed by atoms with Crippen molar-refractivity contribution in [2.24, 2.45) is 0 Å². The average molecular weight is 250 g/mol. The second kappa shape index (κ2) is 8.13. The molecule has 4 N–H and O–H groups in total. The second-order valence-electron chi connectivity index (χ2n) is 3.44. The first-order valence-corrected chi connectivity index (χ1v) is 5.10. The van der Waals surface area contributed by atoms with Gasteiger partial charge in [-0.15, -0.1) is 0 Å². The van der Waals surface area contributed by atoms with Crippen molar-refractivity contribution in [1.29, 1.82) is 0 Å². The molecule has 0 heterocycles. The van der Waals surface area contributed by atoms with E-state index in [1.54, 1.807) is 0 Å². The van der Waals surface area contributed by atoms with Crippen LogP contribution in [0.1, 0.15) is 15.2 Å². The number of hydrogen-bond donors (Lipinski definition) is 4. The highest BCUT2D eigenvalue weighted by molar-refractivity contribution is 5.77. The molecule has 0 spiro atoms. The van der Waals surface area contributed by atoms with Gasteiger partial charge in [0.2, 0.25) is 5.91 Å². The van der Waals surface area contributed by atoms with E-state index in [9.17, 15) is 19.8 Å². The van der Waals surface area contributed by atoms with Gasteiger partial charge in [-0.3, -0.25) is 4.79 Å². The summed E-state index contributed by atoms with van der Waals surface area (Å²) in [5, 5.41) is 30.3. The van der Waals surface area contributed by atoms with Crippen LogP contribution in [0.4, 0.5) is 0 Å². The monoisotopic (exact) mass is 250 g/mol. The molecule has 0 fully saturated rings. The van der Waals surface area contributed by atoms with Crippen molar-refractivity contribution >= 4 is 12.2 Å². The summed E-state index contributed by atoms with van der Waals surface area (Å²) in [6, 6.07) is -1.28. The Morgan fingerprint density at radius 1 is 1.59 bits per heavy atom. The van der Waals surface area contributed by atoms with Crippen molar-refractivity contribution < 1.29 is 31.0 Å². The fourth-order valence-electron chi connectivity index (χ4n) is 1.30. The summed E-state index contributed by atoms with van der Waals surface area (Å²) in [7, 11) is 0. The number of nitrogens with one attached hydrogen (secondary N) is 1. The van der Waals surface area contributed by atoms with E-state index in [2.05, 4.69) is 5.32 Å². The maximum atomic E-state index is 10.8. The maximum Gasteiger partial charge on any atom is 0.217 e. The molecule has 0 aliphatic rings. The van der Waals surface area contributed by atoms with E-state index in [1.807, 2.05) is 0 Å². The van der Waals surface area contributed by atoms with Gasteiger partial charge in [-0.1, -0.05) is 0 Å². The van der Waals surface area contributed by atoms with Crippen LogP contribution in [0.3, 0.4) is 0 Å². The number of aldehydes is 1. The normalized spacial score (nSPS) is 20.6. The largest absolute Gasteiger partial charge is 0.394 e. The van der Waals surface area contributed by atoms with Gasteiger partial charge in [-0.25, -0.2) is 0 Å². The van der Waals surface area contributed by atoms with Crippen LogP contribution in [0.5, 0.6) is 0 Å². The van der Waals surface area contributed by atoms with Gasteiger partial charge in [-0.2, -0.15) is 0 Å². The van der Waals surface area contributed by atoms with Crippen molar-refractivity contribution in [1.82, 2.24) is 5.32 Å². The Kier molecular flexibility index (Phi) is 6.71. The lowest BCUT2D eigenvalue weighted by molar-refractivity contribution is -0.136. The second-order valence-corrected chi connectivity index (χ2v) is 3.44. The van der Waals surface area contributed by atoms with E-state index < -0.39 is 43.5 Å². The first-order valence-electron chi connectivity index (χ1n) is 5.68. The molecule has 0 aromatic rings. The molecule has 0 aliphatic heterocycles. The zero-order chi connectivity index (χ0) is 14.3. The SMILES string of the molecule is [2H]C(C)O[C@@H]([C@H](O)[C@H](C=O)NC(C)=O)[C@H](O)CO. The standard InChI is InChI=1S/C10H19NO6/c1-3-17-10(8(15)5-13)9(16)7(4-12)11-6(2)14/h4,7-10,13,15-16H,3,5H2,1-2H3,(H,11,14)/t7-,8+,9+,10+/m0/s1/i3D/t3?,7-,8+,9+,10+. The average Bonchev–Trinajstić information content (AvgIpc) is 2.30. The topological polar surface area (TPSA) is 116 Å². The van der Waals surface area contributed by atoms with Gasteiger partial charge in [0.15, 0.2) is 0 Å². The lowest BCUT2D eigenvalue weighted by atomic mass is 10.0. The molecule has 0 radical (unpaired) electrons. The Labute approximate surface area is 101 Å². The Balaban J connectivity index is 4.84. The zero-order valence-corrected chi connectivity index (χ0v) is 9.74. The molecule has 0 bridgehead atoms. The van der Waals surface area contributed by atoms with Crippen LogP contribution in [0.15, 0.2) is 0 Å². The summed E-state index contributed by atoms with van der Waals surface area (Å²) in [4.78, 5) is 21.6. The van der Waals surface area contributed by atoms with Crippen molar-refractivity contribution in [2.75, 3.05) is 13.2 Å². The predicted octanol–water partition coefficient (Wildman–Crippen LogP) is -2.19. The Morgan fingerprint density at radius 2 is 2.18 bits per heavy atom. The van der Waals surface area contributed by atoms with E-state index in [0.29, 0.717) is 6.29 Å². The van der Waals surface area contributed by atoms with Crippen LogP contribution in [0.25, 0.3) is 0 Å². The molecule has 7 nitrogen and oxygen atoms in total. The number of hydrogen-bond acceptors (Lipinski definition) is 6. The fourth-order valence-corrected chi connectivity index (χ4v) is 1.30. The van der Waals surface area contributed by atoms with E-state index in [1.165, 1.54) is 6.92 Å². The highest BCUT2D eigenvalue weighted by atomic mass is 16.5. The molecule has 7 heteroatoms. The fraction of sp³-hybridized carbons (Fsp3) is 0.800. The van der Waals surface area contributed by atoms with Gasteiger partial charge in [0.05, 0.1) is 7.98 Å². The number of carbonyl (C=O) groups excluding carboxylic acids is 2. The van der Waals surface area contributed by atoms with Gasteiger partial charge in [0.1, 0.15) is 30.6 Å². The smallest absolute Gasteiger partial charge is 0.217 e. The third-order valence-corrected chi connectivity index (χ3v) is 2.08. The molecule has 0 aromatic carbocycles. The summed E-state index contributed by atoms with van der Waals surface area (Å²) in [6.45, 7) is 0.725. The summed E-state index contributed by atoms with van der Waals surface area (Å²) in [6.07, 6.45) is -4.10. The third-order valence-electron chi connectivity index (χ3n) is 2.08. The van der Waals surface area contributed by atoms with Gasteiger partial charge < -0.3 is 30.2 Å². The van der Waals surface area contributed by atoms with Gasteiger partial charge in [0.25, 0.3) is 0 Å². The highest BCUT2D eigenvalue weighted by Crippen LogP contribution is 2.09. The number of rotatable bonds is 8.